The number of nitrogens with zero attached hydrogens (tertiary/aromatic N) is 4. The molecule has 0 bridgehead atoms. The molecule has 0 unspecified atom stereocenters. The summed E-state index contributed by atoms with van der Waals surface area (Å²) in [5.74, 6) is -0.688. The highest BCUT2D eigenvalue weighted by atomic mass is 35.5. The lowest BCUT2D eigenvalue weighted by Gasteiger charge is -2.04. The molecule has 6 nitrogen and oxygen atoms in total. The lowest BCUT2D eigenvalue weighted by molar-refractivity contribution is 0.0696. The molecule has 0 amide bonds. The maximum atomic E-state index is 11.1. The van der Waals surface area contributed by atoms with Gasteiger partial charge in [0.15, 0.2) is 11.5 Å². The Morgan fingerprint density at radius 3 is 2.75 bits per heavy atom. The molecular formula is C12H6Cl2N4O2. The minimum Gasteiger partial charge on any atom is -0.478 e. The van der Waals surface area contributed by atoms with Gasteiger partial charge in [0.25, 0.3) is 0 Å². The fourth-order valence-electron chi connectivity index (χ4n) is 1.81. The van der Waals surface area contributed by atoms with E-state index in [1.165, 1.54) is 22.9 Å². The summed E-state index contributed by atoms with van der Waals surface area (Å²) in [5, 5.41) is 17.6. The first-order valence-corrected chi connectivity index (χ1v) is 6.21. The molecule has 0 aliphatic heterocycles. The highest BCUT2D eigenvalue weighted by Gasteiger charge is 2.16. The highest BCUT2D eigenvalue weighted by molar-refractivity contribution is 6.34. The van der Waals surface area contributed by atoms with Gasteiger partial charge in [0.1, 0.15) is 0 Å². The van der Waals surface area contributed by atoms with Gasteiger partial charge in [0.05, 0.1) is 15.6 Å². The zero-order chi connectivity index (χ0) is 14.3. The van der Waals surface area contributed by atoms with Crippen LogP contribution in [0.4, 0.5) is 0 Å². The molecule has 1 N–H and O–H groups in total. The molecule has 3 heterocycles. The lowest BCUT2D eigenvalue weighted by atomic mass is 10.2. The molecule has 0 saturated heterocycles. The second kappa shape index (κ2) is 4.73. The van der Waals surface area contributed by atoms with Crippen molar-refractivity contribution in [3.8, 4) is 11.4 Å². The number of carboxylic acid groups (broad SMARTS) is 1. The van der Waals surface area contributed by atoms with Gasteiger partial charge in [0, 0.05) is 24.2 Å². The summed E-state index contributed by atoms with van der Waals surface area (Å²) >= 11 is 12.1. The van der Waals surface area contributed by atoms with Gasteiger partial charge in [-0.05, 0) is 12.1 Å². The molecule has 0 atom stereocenters. The average Bonchev–Trinajstić information content (AvgIpc) is 2.83. The molecule has 3 aromatic rings. The summed E-state index contributed by atoms with van der Waals surface area (Å²) in [4.78, 5) is 15.0. The normalized spacial score (nSPS) is 10.9. The van der Waals surface area contributed by atoms with E-state index < -0.39 is 5.97 Å². The number of fused-ring (bicyclic) bond motifs is 1. The number of aromatic nitrogens is 4. The predicted molar refractivity (Wildman–Crippen MR) is 73.2 cm³/mol. The van der Waals surface area contributed by atoms with Crippen molar-refractivity contribution in [1.29, 1.82) is 0 Å². The first-order valence-electron chi connectivity index (χ1n) is 5.45. The fourth-order valence-corrected chi connectivity index (χ4v) is 2.26. The summed E-state index contributed by atoms with van der Waals surface area (Å²) in [6.07, 6.45) is 4.43. The third-order valence-electron chi connectivity index (χ3n) is 2.72. The van der Waals surface area contributed by atoms with Crippen molar-refractivity contribution in [2.45, 2.75) is 0 Å². The van der Waals surface area contributed by atoms with Gasteiger partial charge in [-0.2, -0.15) is 0 Å². The van der Waals surface area contributed by atoms with Gasteiger partial charge in [-0.1, -0.05) is 23.2 Å². The van der Waals surface area contributed by atoms with Crippen molar-refractivity contribution in [1.82, 2.24) is 19.6 Å². The summed E-state index contributed by atoms with van der Waals surface area (Å²) in [6.45, 7) is 0. The van der Waals surface area contributed by atoms with Crippen LogP contribution in [0, 0.1) is 0 Å². The number of hydrogen-bond acceptors (Lipinski definition) is 4. The number of rotatable bonds is 2. The molecular weight excluding hydrogens is 303 g/mol. The maximum absolute atomic E-state index is 11.1. The van der Waals surface area contributed by atoms with Crippen molar-refractivity contribution >= 4 is 34.8 Å². The molecule has 0 aliphatic rings. The first-order chi connectivity index (χ1) is 9.58. The van der Waals surface area contributed by atoms with Crippen LogP contribution in [-0.4, -0.2) is 30.7 Å². The first kappa shape index (κ1) is 12.8. The maximum Gasteiger partial charge on any atom is 0.337 e. The summed E-state index contributed by atoms with van der Waals surface area (Å²) in [7, 11) is 0. The van der Waals surface area contributed by atoms with Crippen LogP contribution < -0.4 is 0 Å². The Balaban J connectivity index is 2.33. The number of carboxylic acids is 1. The number of halogens is 2. The number of aromatic carboxylic acids is 1. The second-order valence-electron chi connectivity index (χ2n) is 3.95. The van der Waals surface area contributed by atoms with Gasteiger partial charge in [-0.15, -0.1) is 10.2 Å². The monoisotopic (exact) mass is 308 g/mol. The van der Waals surface area contributed by atoms with Gasteiger partial charge < -0.3 is 5.11 Å². The second-order valence-corrected chi connectivity index (χ2v) is 4.77. The molecule has 0 spiro atoms. The third-order valence-corrected chi connectivity index (χ3v) is 3.30. The molecule has 0 saturated carbocycles. The molecule has 0 aliphatic carbocycles. The minimum absolute atomic E-state index is 0.0359. The van der Waals surface area contributed by atoms with Crippen molar-refractivity contribution < 1.29 is 9.90 Å². The van der Waals surface area contributed by atoms with E-state index in [9.17, 15) is 4.79 Å². The molecule has 0 fully saturated rings. The quantitative estimate of drug-likeness (QED) is 0.787. The smallest absolute Gasteiger partial charge is 0.337 e. The topological polar surface area (TPSA) is 80.4 Å². The van der Waals surface area contributed by atoms with Crippen LogP contribution in [0.5, 0.6) is 0 Å². The molecule has 0 radical (unpaired) electrons. The molecule has 100 valence electrons. The van der Waals surface area contributed by atoms with Crippen molar-refractivity contribution in [2.24, 2.45) is 0 Å². The summed E-state index contributed by atoms with van der Waals surface area (Å²) in [6, 6.07) is 2.99. The number of pyridine rings is 2. The van der Waals surface area contributed by atoms with Crippen LogP contribution in [0.3, 0.4) is 0 Å². The zero-order valence-electron chi connectivity index (χ0n) is 9.79. The van der Waals surface area contributed by atoms with Gasteiger partial charge in [-0.25, -0.2) is 4.79 Å². The van der Waals surface area contributed by atoms with Crippen LogP contribution in [-0.2, 0) is 0 Å². The number of hydrogen-bond donors (Lipinski definition) is 1. The van der Waals surface area contributed by atoms with Crippen LogP contribution >= 0.6 is 23.2 Å². The number of carbonyl (C=O) groups is 1. The SMILES string of the molecule is O=C(O)c1cc(Cl)c2nnc(-c3ccncc3Cl)n2c1. The molecule has 3 rings (SSSR count). The van der Waals surface area contributed by atoms with E-state index in [-0.39, 0.29) is 10.6 Å². The lowest BCUT2D eigenvalue weighted by Crippen LogP contribution is -2.00. The standard InChI is InChI=1S/C12H6Cl2N4O2/c13-8-3-6(12(19)20)5-18-10(16-17-11(8)18)7-1-2-15-4-9(7)14/h1-5H,(H,19,20). The summed E-state index contributed by atoms with van der Waals surface area (Å²) < 4.78 is 1.49. The zero-order valence-corrected chi connectivity index (χ0v) is 11.3. The Morgan fingerprint density at radius 2 is 2.05 bits per heavy atom. The Bertz CT molecular complexity index is 831. The van der Waals surface area contributed by atoms with Crippen LogP contribution in [0.1, 0.15) is 10.4 Å². The van der Waals surface area contributed by atoms with E-state index >= 15 is 0 Å². The van der Waals surface area contributed by atoms with Crippen molar-refractivity contribution in [3.05, 3.63) is 46.3 Å². The van der Waals surface area contributed by atoms with Crippen molar-refractivity contribution in [3.63, 3.8) is 0 Å². The van der Waals surface area contributed by atoms with Crippen LogP contribution in [0.15, 0.2) is 30.7 Å². The van der Waals surface area contributed by atoms with Gasteiger partial charge >= 0.3 is 5.97 Å². The Hall–Kier alpha value is -2.18. The molecule has 3 aromatic heterocycles. The summed E-state index contributed by atoms with van der Waals surface area (Å²) in [5.41, 5.74) is 0.987. The van der Waals surface area contributed by atoms with Gasteiger partial charge in [0.2, 0.25) is 0 Å². The van der Waals surface area contributed by atoms with E-state index in [4.69, 9.17) is 28.3 Å². The van der Waals surface area contributed by atoms with E-state index in [0.717, 1.165) is 0 Å². The van der Waals surface area contributed by atoms with Crippen LogP contribution in [0.2, 0.25) is 10.0 Å². The molecule has 20 heavy (non-hydrogen) atoms. The molecule has 0 aromatic carbocycles. The fraction of sp³-hybridized carbons (Fsp3) is 0. The van der Waals surface area contributed by atoms with E-state index in [1.807, 2.05) is 0 Å². The largest absolute Gasteiger partial charge is 0.478 e. The Kier molecular flexibility index (Phi) is 3.04. The van der Waals surface area contributed by atoms with Gasteiger partial charge in [-0.3, -0.25) is 9.38 Å². The Labute approximate surface area is 122 Å². The predicted octanol–water partition coefficient (Wildman–Crippen LogP) is 2.80. The Morgan fingerprint density at radius 1 is 1.25 bits per heavy atom. The van der Waals surface area contributed by atoms with Crippen LogP contribution in [0.25, 0.3) is 17.0 Å². The van der Waals surface area contributed by atoms with E-state index in [1.54, 1.807) is 12.3 Å². The molecule has 8 heteroatoms. The van der Waals surface area contributed by atoms with E-state index in [2.05, 4.69) is 15.2 Å². The van der Waals surface area contributed by atoms with Crippen molar-refractivity contribution in [2.75, 3.05) is 0 Å². The van der Waals surface area contributed by atoms with E-state index in [0.29, 0.717) is 22.1 Å². The minimum atomic E-state index is -1.09. The average molecular weight is 309 g/mol. The highest BCUT2D eigenvalue weighted by Crippen LogP contribution is 2.28. The third kappa shape index (κ3) is 1.99.